The third-order valence-electron chi connectivity index (χ3n) is 4.20. The number of fused-ring (bicyclic) bond motifs is 2. The van der Waals surface area contributed by atoms with Gasteiger partial charge < -0.3 is 4.74 Å². The molecule has 3 unspecified atom stereocenters. The van der Waals surface area contributed by atoms with Crippen molar-refractivity contribution in [1.29, 1.82) is 0 Å². The fraction of sp³-hybridized carbons (Fsp3) is 0.688. The number of carbonyl (C=O) groups excluding carboxylic acids is 1. The molecule has 0 amide bonds. The molecule has 0 spiro atoms. The normalized spacial score (nSPS) is 28.2. The van der Waals surface area contributed by atoms with Crippen LogP contribution in [0.4, 0.5) is 0 Å². The van der Waals surface area contributed by atoms with Crippen LogP contribution in [0.25, 0.3) is 0 Å². The van der Waals surface area contributed by atoms with E-state index >= 15 is 0 Å². The molecule has 0 aromatic rings. The molecule has 0 aromatic heterocycles. The van der Waals surface area contributed by atoms with Crippen LogP contribution in [0.3, 0.4) is 0 Å². The van der Waals surface area contributed by atoms with Gasteiger partial charge in [-0.25, -0.2) is 4.79 Å². The first-order valence-corrected chi connectivity index (χ1v) is 7.16. The molecule has 18 heavy (non-hydrogen) atoms. The van der Waals surface area contributed by atoms with E-state index in [9.17, 15) is 4.79 Å². The van der Waals surface area contributed by atoms with Gasteiger partial charge in [0.2, 0.25) is 0 Å². The number of esters is 1. The van der Waals surface area contributed by atoms with E-state index in [1.54, 1.807) is 12.5 Å². The molecule has 0 saturated heterocycles. The Bertz CT molecular complexity index is 367. The highest BCUT2D eigenvalue weighted by Crippen LogP contribution is 2.40. The third-order valence-corrected chi connectivity index (χ3v) is 4.20. The predicted octanol–water partition coefficient (Wildman–Crippen LogP) is 4.02. The van der Waals surface area contributed by atoms with Crippen molar-refractivity contribution in [2.45, 2.75) is 58.5 Å². The third kappa shape index (κ3) is 3.04. The minimum atomic E-state index is -0.240. The molecule has 2 nitrogen and oxygen atoms in total. The maximum atomic E-state index is 11.7. The largest absolute Gasteiger partial charge is 0.458 e. The molecule has 2 aliphatic rings. The summed E-state index contributed by atoms with van der Waals surface area (Å²) in [6.07, 6.45) is 9.70. The SMILES string of the molecule is C=C(C)C(=O)OC(CC)C1C=C2CCCC(C2)C1. The van der Waals surface area contributed by atoms with Gasteiger partial charge in [-0.05, 0) is 51.4 Å². The summed E-state index contributed by atoms with van der Waals surface area (Å²) in [7, 11) is 0. The first-order chi connectivity index (χ1) is 8.60. The minimum absolute atomic E-state index is 0.0325. The number of ether oxygens (including phenoxy) is 1. The fourth-order valence-electron chi connectivity index (χ4n) is 3.27. The second-order valence-electron chi connectivity index (χ2n) is 5.82. The summed E-state index contributed by atoms with van der Waals surface area (Å²) in [4.78, 5) is 11.7. The summed E-state index contributed by atoms with van der Waals surface area (Å²) in [6.45, 7) is 7.46. The van der Waals surface area contributed by atoms with Crippen molar-refractivity contribution in [3.8, 4) is 0 Å². The van der Waals surface area contributed by atoms with Crippen LogP contribution in [0, 0.1) is 11.8 Å². The molecule has 1 saturated carbocycles. The molecular weight excluding hydrogens is 224 g/mol. The first-order valence-electron chi connectivity index (χ1n) is 7.16. The van der Waals surface area contributed by atoms with Crippen molar-refractivity contribution in [2.75, 3.05) is 0 Å². The Hall–Kier alpha value is -1.05. The van der Waals surface area contributed by atoms with E-state index in [1.807, 2.05) is 0 Å². The van der Waals surface area contributed by atoms with Crippen LogP contribution in [-0.4, -0.2) is 12.1 Å². The minimum Gasteiger partial charge on any atom is -0.458 e. The molecule has 1 fully saturated rings. The lowest BCUT2D eigenvalue weighted by atomic mass is 9.72. The maximum Gasteiger partial charge on any atom is 0.333 e. The van der Waals surface area contributed by atoms with Crippen molar-refractivity contribution in [3.05, 3.63) is 23.8 Å². The summed E-state index contributed by atoms with van der Waals surface area (Å²) < 4.78 is 5.58. The van der Waals surface area contributed by atoms with Gasteiger partial charge in [-0.2, -0.15) is 0 Å². The zero-order chi connectivity index (χ0) is 13.1. The standard InChI is InChI=1S/C16H24O2/c1-4-15(18-16(17)11(2)3)14-9-12-6-5-7-13(8-12)10-14/h9,13-15H,2,4-8,10H2,1,3H3. The van der Waals surface area contributed by atoms with Crippen molar-refractivity contribution < 1.29 is 9.53 Å². The Kier molecular flexibility index (Phi) is 4.26. The molecule has 0 radical (unpaired) electrons. The van der Waals surface area contributed by atoms with Gasteiger partial charge in [0.25, 0.3) is 0 Å². The van der Waals surface area contributed by atoms with Crippen LogP contribution in [0.5, 0.6) is 0 Å². The molecule has 0 aliphatic heterocycles. The van der Waals surface area contributed by atoms with Crippen LogP contribution in [0.2, 0.25) is 0 Å². The molecule has 2 heteroatoms. The van der Waals surface area contributed by atoms with Gasteiger partial charge in [0.05, 0.1) is 0 Å². The molecule has 0 aromatic carbocycles. The number of allylic oxidation sites excluding steroid dienone is 1. The Morgan fingerprint density at radius 3 is 3.00 bits per heavy atom. The molecule has 2 aliphatic carbocycles. The van der Waals surface area contributed by atoms with Crippen molar-refractivity contribution >= 4 is 5.97 Å². The highest BCUT2D eigenvalue weighted by atomic mass is 16.5. The zero-order valence-corrected chi connectivity index (χ0v) is 11.6. The second-order valence-corrected chi connectivity index (χ2v) is 5.82. The lowest BCUT2D eigenvalue weighted by molar-refractivity contribution is -0.146. The summed E-state index contributed by atoms with van der Waals surface area (Å²) in [6, 6.07) is 0. The highest BCUT2D eigenvalue weighted by molar-refractivity contribution is 5.87. The molecule has 3 atom stereocenters. The Morgan fingerprint density at radius 2 is 2.39 bits per heavy atom. The Morgan fingerprint density at radius 1 is 1.61 bits per heavy atom. The Balaban J connectivity index is 2.04. The lowest BCUT2D eigenvalue weighted by Gasteiger charge is -2.36. The van der Waals surface area contributed by atoms with Crippen LogP contribution in [0.15, 0.2) is 23.8 Å². The van der Waals surface area contributed by atoms with E-state index in [2.05, 4.69) is 19.6 Å². The summed E-state index contributed by atoms with van der Waals surface area (Å²) >= 11 is 0. The molecule has 2 rings (SSSR count). The van der Waals surface area contributed by atoms with Gasteiger partial charge in [0.1, 0.15) is 6.10 Å². The van der Waals surface area contributed by atoms with E-state index < -0.39 is 0 Å². The lowest BCUT2D eigenvalue weighted by Crippen LogP contribution is -2.30. The van der Waals surface area contributed by atoms with Crippen LogP contribution < -0.4 is 0 Å². The van der Waals surface area contributed by atoms with Crippen molar-refractivity contribution in [2.24, 2.45) is 11.8 Å². The van der Waals surface area contributed by atoms with Gasteiger partial charge in [-0.1, -0.05) is 25.2 Å². The fourth-order valence-corrected chi connectivity index (χ4v) is 3.27. The molecular formula is C16H24O2. The van der Waals surface area contributed by atoms with Crippen LogP contribution in [0.1, 0.15) is 52.4 Å². The number of carbonyl (C=O) groups is 1. The first kappa shape index (κ1) is 13.4. The van der Waals surface area contributed by atoms with E-state index in [1.165, 1.54) is 32.1 Å². The van der Waals surface area contributed by atoms with Gasteiger partial charge in [-0.15, -0.1) is 0 Å². The summed E-state index contributed by atoms with van der Waals surface area (Å²) in [5, 5.41) is 0. The van der Waals surface area contributed by atoms with E-state index in [0.717, 1.165) is 12.3 Å². The van der Waals surface area contributed by atoms with Gasteiger partial charge in [0.15, 0.2) is 0 Å². The smallest absolute Gasteiger partial charge is 0.333 e. The maximum absolute atomic E-state index is 11.7. The monoisotopic (exact) mass is 248 g/mol. The highest BCUT2D eigenvalue weighted by Gasteiger charge is 2.31. The van der Waals surface area contributed by atoms with Crippen LogP contribution >= 0.6 is 0 Å². The molecule has 0 heterocycles. The molecule has 0 N–H and O–H groups in total. The second kappa shape index (κ2) is 5.73. The topological polar surface area (TPSA) is 26.3 Å². The predicted molar refractivity (Wildman–Crippen MR) is 73.1 cm³/mol. The summed E-state index contributed by atoms with van der Waals surface area (Å²) in [5.41, 5.74) is 2.09. The average Bonchev–Trinajstić information content (AvgIpc) is 2.34. The quantitative estimate of drug-likeness (QED) is 0.427. The van der Waals surface area contributed by atoms with E-state index in [-0.39, 0.29) is 12.1 Å². The average molecular weight is 248 g/mol. The van der Waals surface area contributed by atoms with Crippen molar-refractivity contribution in [1.82, 2.24) is 0 Å². The van der Waals surface area contributed by atoms with Crippen molar-refractivity contribution in [3.63, 3.8) is 0 Å². The van der Waals surface area contributed by atoms with Gasteiger partial charge >= 0.3 is 5.97 Å². The van der Waals surface area contributed by atoms with Gasteiger partial charge in [-0.3, -0.25) is 0 Å². The van der Waals surface area contributed by atoms with Gasteiger partial charge in [0, 0.05) is 11.5 Å². The number of hydrogen-bond acceptors (Lipinski definition) is 2. The molecule has 100 valence electrons. The van der Waals surface area contributed by atoms with E-state index in [4.69, 9.17) is 4.74 Å². The zero-order valence-electron chi connectivity index (χ0n) is 11.6. The summed E-state index contributed by atoms with van der Waals surface area (Å²) in [5.74, 6) is 1.00. The number of hydrogen-bond donors (Lipinski definition) is 0. The number of rotatable bonds is 4. The molecule has 2 bridgehead atoms. The van der Waals surface area contributed by atoms with Crippen LogP contribution in [-0.2, 0) is 9.53 Å². The van der Waals surface area contributed by atoms with E-state index in [0.29, 0.717) is 11.5 Å². The Labute approximate surface area is 110 Å².